The molecule has 2 N–H and O–H groups in total. The van der Waals surface area contributed by atoms with Gasteiger partial charge in [-0.15, -0.1) is 0 Å². The van der Waals surface area contributed by atoms with Gasteiger partial charge in [-0.3, -0.25) is 4.79 Å². The zero-order valence-corrected chi connectivity index (χ0v) is 8.71. The van der Waals surface area contributed by atoms with Gasteiger partial charge in [0.2, 0.25) is 5.91 Å². The normalized spacial score (nSPS) is 21.5. The fourth-order valence-corrected chi connectivity index (χ4v) is 1.48. The molecule has 0 unspecified atom stereocenters. The average Bonchev–Trinajstić information content (AvgIpc) is 2.72. The Morgan fingerprint density at radius 1 is 1.57 bits per heavy atom. The summed E-state index contributed by atoms with van der Waals surface area (Å²) in [6.45, 7) is 1.32. The summed E-state index contributed by atoms with van der Waals surface area (Å²) < 4.78 is 9.91. The lowest BCUT2D eigenvalue weighted by molar-refractivity contribution is -0.128. The second-order valence-electron chi connectivity index (χ2n) is 3.30. The highest BCUT2D eigenvalue weighted by Crippen LogP contribution is 2.04. The smallest absolute Gasteiger partial charge is 0.237 e. The Labute approximate surface area is 84.1 Å². The SMILES string of the molecule is COC(CNC(=O)[C@@H]1CCCN1)OC. The van der Waals surface area contributed by atoms with E-state index in [-0.39, 0.29) is 18.2 Å². The third-order valence-corrected chi connectivity index (χ3v) is 2.35. The third-order valence-electron chi connectivity index (χ3n) is 2.35. The predicted molar refractivity (Wildman–Crippen MR) is 51.8 cm³/mol. The largest absolute Gasteiger partial charge is 0.354 e. The molecule has 5 nitrogen and oxygen atoms in total. The van der Waals surface area contributed by atoms with Gasteiger partial charge in [-0.05, 0) is 19.4 Å². The first-order valence-electron chi connectivity index (χ1n) is 4.84. The summed E-state index contributed by atoms with van der Waals surface area (Å²) in [4.78, 5) is 11.5. The van der Waals surface area contributed by atoms with Gasteiger partial charge in [-0.2, -0.15) is 0 Å². The predicted octanol–water partition coefficient (Wildman–Crippen LogP) is -0.526. The van der Waals surface area contributed by atoms with E-state index in [0.29, 0.717) is 6.54 Å². The molecule has 1 aliphatic rings. The molecular weight excluding hydrogens is 184 g/mol. The minimum atomic E-state index is -0.361. The molecule has 1 amide bonds. The number of carbonyl (C=O) groups is 1. The molecule has 0 aliphatic carbocycles. The molecule has 1 fully saturated rings. The molecule has 0 aromatic carbocycles. The quantitative estimate of drug-likeness (QED) is 0.589. The molecule has 82 valence electrons. The lowest BCUT2D eigenvalue weighted by Crippen LogP contribution is -2.43. The van der Waals surface area contributed by atoms with Crippen molar-refractivity contribution in [3.05, 3.63) is 0 Å². The van der Waals surface area contributed by atoms with Crippen LogP contribution < -0.4 is 10.6 Å². The van der Waals surface area contributed by atoms with Crippen molar-refractivity contribution in [2.45, 2.75) is 25.2 Å². The summed E-state index contributed by atoms with van der Waals surface area (Å²) in [5.41, 5.74) is 0. The second-order valence-corrected chi connectivity index (χ2v) is 3.30. The van der Waals surface area contributed by atoms with Crippen molar-refractivity contribution in [1.82, 2.24) is 10.6 Å². The van der Waals surface area contributed by atoms with Crippen molar-refractivity contribution in [1.29, 1.82) is 0 Å². The van der Waals surface area contributed by atoms with Crippen molar-refractivity contribution in [3.8, 4) is 0 Å². The molecular formula is C9H18N2O3. The van der Waals surface area contributed by atoms with E-state index in [0.717, 1.165) is 19.4 Å². The van der Waals surface area contributed by atoms with Crippen LogP contribution >= 0.6 is 0 Å². The Kier molecular flexibility index (Phi) is 4.86. The van der Waals surface area contributed by atoms with E-state index in [1.807, 2.05) is 0 Å². The molecule has 1 saturated heterocycles. The fraction of sp³-hybridized carbons (Fsp3) is 0.889. The fourth-order valence-electron chi connectivity index (χ4n) is 1.48. The number of nitrogens with one attached hydrogen (secondary N) is 2. The van der Waals surface area contributed by atoms with Crippen LogP contribution in [0.1, 0.15) is 12.8 Å². The topological polar surface area (TPSA) is 59.6 Å². The maximum atomic E-state index is 11.5. The van der Waals surface area contributed by atoms with E-state index in [1.165, 1.54) is 0 Å². The van der Waals surface area contributed by atoms with Crippen molar-refractivity contribution in [2.75, 3.05) is 27.3 Å². The monoisotopic (exact) mass is 202 g/mol. The number of amides is 1. The molecule has 0 radical (unpaired) electrons. The molecule has 1 heterocycles. The molecule has 0 spiro atoms. The third kappa shape index (κ3) is 3.25. The lowest BCUT2D eigenvalue weighted by atomic mass is 10.2. The molecule has 0 aromatic rings. The van der Waals surface area contributed by atoms with E-state index in [2.05, 4.69) is 10.6 Å². The zero-order chi connectivity index (χ0) is 10.4. The molecule has 1 rings (SSSR count). The number of rotatable bonds is 5. The Hall–Kier alpha value is -0.650. The Balaban J connectivity index is 2.19. The van der Waals surface area contributed by atoms with Crippen LogP contribution in [0.15, 0.2) is 0 Å². The van der Waals surface area contributed by atoms with Gasteiger partial charge in [0.05, 0.1) is 12.6 Å². The van der Waals surface area contributed by atoms with E-state index >= 15 is 0 Å². The first-order valence-corrected chi connectivity index (χ1v) is 4.84. The van der Waals surface area contributed by atoms with Crippen LogP contribution in [0, 0.1) is 0 Å². The minimum Gasteiger partial charge on any atom is -0.354 e. The number of methoxy groups -OCH3 is 2. The van der Waals surface area contributed by atoms with E-state index in [9.17, 15) is 4.79 Å². The van der Waals surface area contributed by atoms with Crippen LogP contribution in [0.5, 0.6) is 0 Å². The lowest BCUT2D eigenvalue weighted by Gasteiger charge is -2.16. The molecule has 14 heavy (non-hydrogen) atoms. The summed E-state index contributed by atoms with van der Waals surface area (Å²) in [7, 11) is 3.10. The second kappa shape index (κ2) is 5.95. The van der Waals surface area contributed by atoms with E-state index < -0.39 is 0 Å². The maximum Gasteiger partial charge on any atom is 0.237 e. The first kappa shape index (κ1) is 11.4. The summed E-state index contributed by atoms with van der Waals surface area (Å²) in [6.07, 6.45) is 1.62. The van der Waals surface area contributed by atoms with Gasteiger partial charge in [0.1, 0.15) is 0 Å². The molecule has 0 aromatic heterocycles. The van der Waals surface area contributed by atoms with Gasteiger partial charge in [0.25, 0.3) is 0 Å². The summed E-state index contributed by atoms with van der Waals surface area (Å²) in [5, 5.41) is 5.90. The van der Waals surface area contributed by atoms with Gasteiger partial charge in [-0.25, -0.2) is 0 Å². The van der Waals surface area contributed by atoms with Gasteiger partial charge in [-0.1, -0.05) is 0 Å². The van der Waals surface area contributed by atoms with Gasteiger partial charge < -0.3 is 20.1 Å². The van der Waals surface area contributed by atoms with Crippen LogP contribution in [0.4, 0.5) is 0 Å². The van der Waals surface area contributed by atoms with Gasteiger partial charge in [0, 0.05) is 14.2 Å². The van der Waals surface area contributed by atoms with Crippen LogP contribution in [-0.2, 0) is 14.3 Å². The number of hydrogen-bond donors (Lipinski definition) is 2. The molecule has 0 bridgehead atoms. The Morgan fingerprint density at radius 2 is 2.29 bits per heavy atom. The highest BCUT2D eigenvalue weighted by atomic mass is 16.7. The maximum absolute atomic E-state index is 11.5. The van der Waals surface area contributed by atoms with E-state index in [4.69, 9.17) is 9.47 Å². The summed E-state index contributed by atoms with van der Waals surface area (Å²) in [5.74, 6) is 0.0293. The van der Waals surface area contributed by atoms with Crippen LogP contribution in [0.25, 0.3) is 0 Å². The average molecular weight is 202 g/mol. The standard InChI is InChI=1S/C9H18N2O3/c1-13-8(14-2)6-11-9(12)7-4-3-5-10-7/h7-8,10H,3-6H2,1-2H3,(H,11,12)/t7-/m0/s1. The summed E-state index contributed by atoms with van der Waals surface area (Å²) >= 11 is 0. The highest BCUT2D eigenvalue weighted by Gasteiger charge is 2.22. The Bertz CT molecular complexity index is 177. The Morgan fingerprint density at radius 3 is 2.79 bits per heavy atom. The van der Waals surface area contributed by atoms with Crippen LogP contribution in [0.3, 0.4) is 0 Å². The van der Waals surface area contributed by atoms with E-state index in [1.54, 1.807) is 14.2 Å². The molecule has 0 saturated carbocycles. The zero-order valence-electron chi connectivity index (χ0n) is 8.71. The van der Waals surface area contributed by atoms with Crippen LogP contribution in [0.2, 0.25) is 0 Å². The minimum absolute atomic E-state index is 0.0293. The number of hydrogen-bond acceptors (Lipinski definition) is 4. The van der Waals surface area contributed by atoms with Gasteiger partial charge in [0.15, 0.2) is 6.29 Å². The van der Waals surface area contributed by atoms with Gasteiger partial charge >= 0.3 is 0 Å². The molecule has 1 atom stereocenters. The van der Waals surface area contributed by atoms with Crippen LogP contribution in [-0.4, -0.2) is 45.5 Å². The number of ether oxygens (including phenoxy) is 2. The number of carbonyl (C=O) groups excluding carboxylic acids is 1. The van der Waals surface area contributed by atoms with Crippen molar-refractivity contribution >= 4 is 5.91 Å². The summed E-state index contributed by atoms with van der Waals surface area (Å²) in [6, 6.07) is -0.0376. The van der Waals surface area contributed by atoms with Crippen molar-refractivity contribution in [2.24, 2.45) is 0 Å². The highest BCUT2D eigenvalue weighted by molar-refractivity contribution is 5.81. The first-order chi connectivity index (χ1) is 6.77. The molecule has 1 aliphatic heterocycles. The van der Waals surface area contributed by atoms with Crippen molar-refractivity contribution in [3.63, 3.8) is 0 Å². The molecule has 5 heteroatoms. The van der Waals surface area contributed by atoms with Crippen molar-refractivity contribution < 1.29 is 14.3 Å².